The van der Waals surface area contributed by atoms with E-state index in [0.29, 0.717) is 18.9 Å². The number of aryl methyl sites for hydroxylation is 1. The Balaban J connectivity index is 1.81. The maximum Gasteiger partial charge on any atom is 0.226 e. The van der Waals surface area contributed by atoms with Crippen molar-refractivity contribution in [3.63, 3.8) is 0 Å². The Morgan fingerprint density at radius 1 is 1.45 bits per heavy atom. The Hall–Kier alpha value is -1.55. The van der Waals surface area contributed by atoms with E-state index in [1.165, 1.54) is 5.56 Å². The summed E-state index contributed by atoms with van der Waals surface area (Å²) in [5.74, 6) is 1.48. The molecule has 4 heteroatoms. The largest absolute Gasteiger partial charge is 0.493 e. The molecule has 1 amide bonds. The summed E-state index contributed by atoms with van der Waals surface area (Å²) in [7, 11) is 0. The van der Waals surface area contributed by atoms with Gasteiger partial charge in [0.05, 0.1) is 13.0 Å². The second-order valence-corrected chi connectivity index (χ2v) is 6.40. The van der Waals surface area contributed by atoms with Gasteiger partial charge in [0.2, 0.25) is 5.91 Å². The molecule has 4 nitrogen and oxygen atoms in total. The molecular formula is C18H28N2O2. The molecule has 0 bridgehead atoms. The fraction of sp³-hybridized carbons (Fsp3) is 0.611. The van der Waals surface area contributed by atoms with Crippen LogP contribution in [0.3, 0.4) is 0 Å². The predicted octanol–water partition coefficient (Wildman–Crippen LogP) is 2.66. The Morgan fingerprint density at radius 2 is 2.23 bits per heavy atom. The third-order valence-corrected chi connectivity index (χ3v) is 4.68. The summed E-state index contributed by atoms with van der Waals surface area (Å²) in [4.78, 5) is 14.3. The first-order valence-corrected chi connectivity index (χ1v) is 8.21. The van der Waals surface area contributed by atoms with Crippen LogP contribution >= 0.6 is 0 Å². The van der Waals surface area contributed by atoms with Gasteiger partial charge >= 0.3 is 0 Å². The van der Waals surface area contributed by atoms with Crippen molar-refractivity contribution in [2.24, 2.45) is 11.7 Å². The molecule has 22 heavy (non-hydrogen) atoms. The quantitative estimate of drug-likeness (QED) is 0.910. The first-order valence-electron chi connectivity index (χ1n) is 8.21. The normalized spacial score (nSPS) is 19.8. The smallest absolute Gasteiger partial charge is 0.226 e. The van der Waals surface area contributed by atoms with Gasteiger partial charge in [-0.05, 0) is 56.7 Å². The highest BCUT2D eigenvalue weighted by Crippen LogP contribution is 2.22. The number of ether oxygens (including phenoxy) is 1. The number of carbonyl (C=O) groups is 1. The van der Waals surface area contributed by atoms with Crippen molar-refractivity contribution >= 4 is 5.91 Å². The zero-order chi connectivity index (χ0) is 16.1. The van der Waals surface area contributed by atoms with Crippen LogP contribution in [0.2, 0.25) is 0 Å². The summed E-state index contributed by atoms with van der Waals surface area (Å²) in [6.45, 7) is 8.22. The zero-order valence-electron chi connectivity index (χ0n) is 14.0. The van der Waals surface area contributed by atoms with E-state index in [1.807, 2.05) is 30.9 Å². The van der Waals surface area contributed by atoms with E-state index >= 15 is 0 Å². The molecule has 1 saturated heterocycles. The lowest BCUT2D eigenvalue weighted by Gasteiger charge is -2.34. The number of benzene rings is 1. The van der Waals surface area contributed by atoms with Crippen molar-refractivity contribution in [2.75, 3.05) is 19.7 Å². The van der Waals surface area contributed by atoms with Crippen LogP contribution in [-0.4, -0.2) is 36.5 Å². The van der Waals surface area contributed by atoms with E-state index in [0.717, 1.165) is 37.2 Å². The van der Waals surface area contributed by atoms with Crippen LogP contribution < -0.4 is 10.5 Å². The van der Waals surface area contributed by atoms with Crippen LogP contribution in [0.15, 0.2) is 18.2 Å². The molecule has 122 valence electrons. The van der Waals surface area contributed by atoms with Gasteiger partial charge in [0.25, 0.3) is 0 Å². The van der Waals surface area contributed by atoms with Gasteiger partial charge in [-0.15, -0.1) is 0 Å². The Kier molecular flexibility index (Phi) is 5.83. The van der Waals surface area contributed by atoms with Gasteiger partial charge in [-0.1, -0.05) is 12.1 Å². The highest BCUT2D eigenvalue weighted by Gasteiger charge is 2.25. The summed E-state index contributed by atoms with van der Waals surface area (Å²) in [6, 6.07) is 6.16. The van der Waals surface area contributed by atoms with Gasteiger partial charge in [0.15, 0.2) is 0 Å². The number of carbonyl (C=O) groups excluding carboxylic acids is 1. The van der Waals surface area contributed by atoms with Gasteiger partial charge in [0, 0.05) is 19.1 Å². The standard InChI is InChI=1S/C18H28N2O2/c1-13-6-4-8-17(14(13)2)22-11-9-18(21)20-10-5-7-16(12-20)15(3)19/h4,6,8,15-16H,5,7,9-12,19H2,1-3H3. The molecule has 0 aliphatic carbocycles. The molecule has 2 N–H and O–H groups in total. The minimum absolute atomic E-state index is 0.154. The number of nitrogens with two attached hydrogens (primary N) is 1. The summed E-state index contributed by atoms with van der Waals surface area (Å²) in [6.07, 6.45) is 2.61. The Bertz CT molecular complexity index is 514. The first-order chi connectivity index (χ1) is 10.5. The van der Waals surface area contributed by atoms with E-state index in [-0.39, 0.29) is 11.9 Å². The summed E-state index contributed by atoms with van der Waals surface area (Å²) < 4.78 is 5.78. The van der Waals surface area contributed by atoms with Crippen LogP contribution in [0, 0.1) is 19.8 Å². The molecule has 1 aromatic carbocycles. The molecule has 1 fully saturated rings. The van der Waals surface area contributed by atoms with Gasteiger partial charge in [0.1, 0.15) is 5.75 Å². The van der Waals surface area contributed by atoms with E-state index in [1.54, 1.807) is 0 Å². The molecule has 0 radical (unpaired) electrons. The maximum atomic E-state index is 12.3. The number of rotatable bonds is 5. The van der Waals surface area contributed by atoms with Crippen LogP contribution in [0.5, 0.6) is 5.75 Å². The molecule has 1 aliphatic rings. The number of piperidine rings is 1. The third kappa shape index (κ3) is 4.23. The van der Waals surface area contributed by atoms with Gasteiger partial charge < -0.3 is 15.4 Å². The second-order valence-electron chi connectivity index (χ2n) is 6.40. The SMILES string of the molecule is Cc1cccc(OCCC(=O)N2CCCC(C(C)N)C2)c1C. The van der Waals surface area contributed by atoms with E-state index in [9.17, 15) is 4.79 Å². The van der Waals surface area contributed by atoms with E-state index < -0.39 is 0 Å². The molecule has 1 heterocycles. The molecule has 2 rings (SSSR count). The fourth-order valence-electron chi connectivity index (χ4n) is 2.95. The minimum Gasteiger partial charge on any atom is -0.493 e. The molecule has 2 atom stereocenters. The van der Waals surface area contributed by atoms with Gasteiger partial charge in [-0.2, -0.15) is 0 Å². The molecular weight excluding hydrogens is 276 g/mol. The molecule has 1 aliphatic heterocycles. The van der Waals surface area contributed by atoms with Crippen molar-refractivity contribution in [3.8, 4) is 5.75 Å². The van der Waals surface area contributed by atoms with Crippen LogP contribution in [0.1, 0.15) is 37.3 Å². The van der Waals surface area contributed by atoms with Crippen molar-refractivity contribution in [3.05, 3.63) is 29.3 Å². The van der Waals surface area contributed by atoms with Crippen molar-refractivity contribution in [1.82, 2.24) is 4.90 Å². The average Bonchev–Trinajstić information content (AvgIpc) is 2.51. The summed E-state index contributed by atoms with van der Waals surface area (Å²) >= 11 is 0. The number of nitrogens with zero attached hydrogens (tertiary/aromatic N) is 1. The zero-order valence-corrected chi connectivity index (χ0v) is 14.0. The van der Waals surface area contributed by atoms with E-state index in [2.05, 4.69) is 13.0 Å². The van der Waals surface area contributed by atoms with Crippen molar-refractivity contribution in [1.29, 1.82) is 0 Å². The number of amides is 1. The monoisotopic (exact) mass is 304 g/mol. The van der Waals surface area contributed by atoms with Gasteiger partial charge in [-0.25, -0.2) is 0 Å². The molecule has 0 aromatic heterocycles. The Morgan fingerprint density at radius 3 is 2.95 bits per heavy atom. The lowest BCUT2D eigenvalue weighted by Crippen LogP contribution is -2.45. The highest BCUT2D eigenvalue weighted by atomic mass is 16.5. The van der Waals surface area contributed by atoms with Crippen LogP contribution in [0.4, 0.5) is 0 Å². The molecule has 0 spiro atoms. The van der Waals surface area contributed by atoms with Crippen molar-refractivity contribution < 1.29 is 9.53 Å². The highest BCUT2D eigenvalue weighted by molar-refractivity contribution is 5.76. The Labute approximate surface area is 133 Å². The summed E-state index contributed by atoms with van der Waals surface area (Å²) in [5.41, 5.74) is 8.33. The molecule has 1 aromatic rings. The van der Waals surface area contributed by atoms with Gasteiger partial charge in [-0.3, -0.25) is 4.79 Å². The topological polar surface area (TPSA) is 55.6 Å². The second kappa shape index (κ2) is 7.63. The lowest BCUT2D eigenvalue weighted by molar-refractivity contribution is -0.133. The van der Waals surface area contributed by atoms with Crippen LogP contribution in [-0.2, 0) is 4.79 Å². The number of likely N-dealkylation sites (tertiary alicyclic amines) is 1. The van der Waals surface area contributed by atoms with Crippen LogP contribution in [0.25, 0.3) is 0 Å². The average molecular weight is 304 g/mol. The first kappa shape index (κ1) is 16.8. The van der Waals surface area contributed by atoms with Crippen molar-refractivity contribution in [2.45, 2.75) is 46.1 Å². The predicted molar refractivity (Wildman–Crippen MR) is 89.0 cm³/mol. The molecule has 2 unspecified atom stereocenters. The summed E-state index contributed by atoms with van der Waals surface area (Å²) in [5, 5.41) is 0. The van der Waals surface area contributed by atoms with E-state index in [4.69, 9.17) is 10.5 Å². The number of hydrogen-bond acceptors (Lipinski definition) is 3. The molecule has 0 saturated carbocycles. The number of hydrogen-bond donors (Lipinski definition) is 1. The fourth-order valence-corrected chi connectivity index (χ4v) is 2.95. The minimum atomic E-state index is 0.154. The third-order valence-electron chi connectivity index (χ3n) is 4.68. The maximum absolute atomic E-state index is 12.3. The lowest BCUT2D eigenvalue weighted by atomic mass is 9.92.